The Hall–Kier alpha value is -1.40. The van der Waals surface area contributed by atoms with Crippen LogP contribution in [0.25, 0.3) is 0 Å². The van der Waals surface area contributed by atoms with E-state index in [1.54, 1.807) is 14.2 Å². The summed E-state index contributed by atoms with van der Waals surface area (Å²) in [7, 11) is 4.62. The number of hydrogen-bond donors (Lipinski definition) is 1. The summed E-state index contributed by atoms with van der Waals surface area (Å²) < 4.78 is 15.1. The van der Waals surface area contributed by atoms with E-state index in [4.69, 9.17) is 19.9 Å². The molecule has 6 heteroatoms. The zero-order valence-corrected chi connectivity index (χ0v) is 9.06. The molecule has 0 aliphatic heterocycles. The van der Waals surface area contributed by atoms with Gasteiger partial charge < -0.3 is 19.9 Å². The lowest BCUT2D eigenvalue weighted by Crippen LogP contribution is -2.18. The van der Waals surface area contributed by atoms with E-state index in [-0.39, 0.29) is 6.29 Å². The van der Waals surface area contributed by atoms with Gasteiger partial charge in [-0.1, -0.05) is 0 Å². The molecule has 0 aliphatic rings. The number of methoxy groups -OCH3 is 3. The third kappa shape index (κ3) is 2.77. The molecule has 1 aromatic heterocycles. The summed E-state index contributed by atoms with van der Waals surface area (Å²) in [5.74, 6) is 0.367. The van der Waals surface area contributed by atoms with Crippen LogP contribution in [0.4, 0.5) is 5.69 Å². The first-order chi connectivity index (χ1) is 7.22. The zero-order valence-electron chi connectivity index (χ0n) is 9.06. The largest absolute Gasteiger partial charge is 0.479 e. The van der Waals surface area contributed by atoms with E-state index in [1.165, 1.54) is 13.4 Å². The smallest absolute Gasteiger partial charge is 0.240 e. The summed E-state index contributed by atoms with van der Waals surface area (Å²) in [5.41, 5.74) is 6.85. The van der Waals surface area contributed by atoms with Crippen molar-refractivity contribution < 1.29 is 14.2 Å². The van der Waals surface area contributed by atoms with Crippen molar-refractivity contribution in [2.75, 3.05) is 27.1 Å². The van der Waals surface area contributed by atoms with Crippen molar-refractivity contribution in [3.63, 3.8) is 0 Å². The van der Waals surface area contributed by atoms with Gasteiger partial charge in [0.1, 0.15) is 12.0 Å². The van der Waals surface area contributed by atoms with Crippen LogP contribution < -0.4 is 10.5 Å². The van der Waals surface area contributed by atoms with Crippen LogP contribution in [0.2, 0.25) is 0 Å². The predicted molar refractivity (Wildman–Crippen MR) is 54.5 cm³/mol. The predicted octanol–water partition coefficient (Wildman–Crippen LogP) is 0.229. The fraction of sp³-hybridized carbons (Fsp3) is 0.556. The minimum atomic E-state index is -0.369. The number of nitrogens with zero attached hydrogens (tertiary/aromatic N) is 2. The SMILES string of the molecule is COc1ncnc(CC(OC)OC)c1N. The first kappa shape index (κ1) is 11.7. The molecule has 0 unspecified atom stereocenters. The third-order valence-electron chi connectivity index (χ3n) is 2.01. The Bertz CT molecular complexity index is 315. The first-order valence-electron chi connectivity index (χ1n) is 4.41. The van der Waals surface area contributed by atoms with Gasteiger partial charge in [0.25, 0.3) is 0 Å². The van der Waals surface area contributed by atoms with Gasteiger partial charge in [-0.2, -0.15) is 4.98 Å². The molecular formula is C9H15N3O3. The van der Waals surface area contributed by atoms with Gasteiger partial charge in [-0.25, -0.2) is 4.98 Å². The monoisotopic (exact) mass is 213 g/mol. The van der Waals surface area contributed by atoms with Crippen molar-refractivity contribution in [2.24, 2.45) is 0 Å². The number of aromatic nitrogens is 2. The van der Waals surface area contributed by atoms with E-state index in [0.29, 0.717) is 23.7 Å². The second-order valence-electron chi connectivity index (χ2n) is 2.85. The molecule has 1 rings (SSSR count). The minimum absolute atomic E-state index is 0.367. The van der Waals surface area contributed by atoms with Gasteiger partial charge in [0.2, 0.25) is 5.88 Å². The molecule has 0 bridgehead atoms. The summed E-state index contributed by atoms with van der Waals surface area (Å²) in [6.45, 7) is 0. The van der Waals surface area contributed by atoms with Gasteiger partial charge in [-0.3, -0.25) is 0 Å². The van der Waals surface area contributed by atoms with Gasteiger partial charge >= 0.3 is 0 Å². The van der Waals surface area contributed by atoms with Crippen LogP contribution in [0.5, 0.6) is 5.88 Å². The van der Waals surface area contributed by atoms with E-state index >= 15 is 0 Å². The second kappa shape index (κ2) is 5.47. The highest BCUT2D eigenvalue weighted by Gasteiger charge is 2.13. The molecule has 1 heterocycles. The van der Waals surface area contributed by atoms with Crippen molar-refractivity contribution in [1.82, 2.24) is 9.97 Å². The molecule has 6 nitrogen and oxygen atoms in total. The fourth-order valence-corrected chi connectivity index (χ4v) is 1.16. The molecule has 84 valence electrons. The van der Waals surface area contributed by atoms with Crippen LogP contribution in [-0.2, 0) is 15.9 Å². The zero-order chi connectivity index (χ0) is 11.3. The molecule has 0 atom stereocenters. The van der Waals surface area contributed by atoms with Gasteiger partial charge in [0.15, 0.2) is 6.29 Å². The van der Waals surface area contributed by atoms with Crippen molar-refractivity contribution in [1.29, 1.82) is 0 Å². The molecule has 0 fully saturated rings. The molecule has 0 saturated carbocycles. The quantitative estimate of drug-likeness (QED) is 0.705. The van der Waals surface area contributed by atoms with E-state index in [1.807, 2.05) is 0 Å². The number of nitrogens with two attached hydrogens (primary N) is 1. The maximum Gasteiger partial charge on any atom is 0.240 e. The highest BCUT2D eigenvalue weighted by Crippen LogP contribution is 2.21. The topological polar surface area (TPSA) is 79.5 Å². The Labute approximate surface area is 88.4 Å². The lowest BCUT2D eigenvalue weighted by Gasteiger charge is -2.14. The van der Waals surface area contributed by atoms with E-state index in [0.717, 1.165) is 0 Å². The molecule has 0 aromatic carbocycles. The van der Waals surface area contributed by atoms with Crippen molar-refractivity contribution in [2.45, 2.75) is 12.7 Å². The average molecular weight is 213 g/mol. The number of ether oxygens (including phenoxy) is 3. The molecule has 0 radical (unpaired) electrons. The lowest BCUT2D eigenvalue weighted by molar-refractivity contribution is -0.101. The van der Waals surface area contributed by atoms with E-state index < -0.39 is 0 Å². The van der Waals surface area contributed by atoms with Crippen LogP contribution in [0.3, 0.4) is 0 Å². The fourth-order valence-electron chi connectivity index (χ4n) is 1.16. The molecule has 0 amide bonds. The van der Waals surface area contributed by atoms with E-state index in [2.05, 4.69) is 9.97 Å². The summed E-state index contributed by atoms with van der Waals surface area (Å²) >= 11 is 0. The van der Waals surface area contributed by atoms with Crippen LogP contribution >= 0.6 is 0 Å². The Balaban J connectivity index is 2.85. The van der Waals surface area contributed by atoms with Gasteiger partial charge in [-0.15, -0.1) is 0 Å². The maximum atomic E-state index is 5.79. The Morgan fingerprint density at radius 3 is 2.47 bits per heavy atom. The minimum Gasteiger partial charge on any atom is -0.479 e. The van der Waals surface area contributed by atoms with Crippen molar-refractivity contribution in [3.05, 3.63) is 12.0 Å². The number of hydrogen-bond acceptors (Lipinski definition) is 6. The van der Waals surface area contributed by atoms with Crippen LogP contribution in [-0.4, -0.2) is 37.6 Å². The van der Waals surface area contributed by atoms with E-state index in [9.17, 15) is 0 Å². The molecule has 1 aromatic rings. The molecule has 0 aliphatic carbocycles. The van der Waals surface area contributed by atoms with Crippen LogP contribution in [0.1, 0.15) is 5.69 Å². The molecular weight excluding hydrogens is 198 g/mol. The summed E-state index contributed by atoms with van der Waals surface area (Å²) in [5, 5.41) is 0. The van der Waals surface area contributed by atoms with Crippen LogP contribution in [0, 0.1) is 0 Å². The summed E-state index contributed by atoms with van der Waals surface area (Å²) in [6.07, 6.45) is 1.48. The van der Waals surface area contributed by atoms with Gasteiger partial charge in [0, 0.05) is 20.6 Å². The standard InChI is InChI=1S/C9H15N3O3/c1-13-7(14-2)4-6-8(10)9(15-3)12-5-11-6/h5,7H,4,10H2,1-3H3. The summed E-state index contributed by atoms with van der Waals surface area (Å²) in [6, 6.07) is 0. The first-order valence-corrected chi connectivity index (χ1v) is 4.41. The Kier molecular flexibility index (Phi) is 4.26. The highest BCUT2D eigenvalue weighted by atomic mass is 16.7. The van der Waals surface area contributed by atoms with Crippen LogP contribution in [0.15, 0.2) is 6.33 Å². The van der Waals surface area contributed by atoms with Crippen molar-refractivity contribution >= 4 is 5.69 Å². The number of anilines is 1. The molecule has 2 N–H and O–H groups in total. The normalized spacial score (nSPS) is 10.7. The average Bonchev–Trinajstić information content (AvgIpc) is 2.28. The lowest BCUT2D eigenvalue weighted by atomic mass is 10.2. The third-order valence-corrected chi connectivity index (χ3v) is 2.01. The molecule has 0 spiro atoms. The Morgan fingerprint density at radius 1 is 1.27 bits per heavy atom. The summed E-state index contributed by atoms with van der Waals surface area (Å²) in [4.78, 5) is 7.92. The second-order valence-corrected chi connectivity index (χ2v) is 2.85. The highest BCUT2D eigenvalue weighted by molar-refractivity contribution is 5.51. The number of nitrogen functional groups attached to an aromatic ring is 1. The molecule has 0 saturated heterocycles. The number of rotatable bonds is 5. The Morgan fingerprint density at radius 2 is 1.93 bits per heavy atom. The van der Waals surface area contributed by atoms with Gasteiger partial charge in [0.05, 0.1) is 12.8 Å². The van der Waals surface area contributed by atoms with Gasteiger partial charge in [-0.05, 0) is 0 Å². The molecule has 15 heavy (non-hydrogen) atoms. The van der Waals surface area contributed by atoms with Crippen molar-refractivity contribution in [3.8, 4) is 5.88 Å². The maximum absolute atomic E-state index is 5.79.